The molecular weight excluding hydrogens is 242 g/mol. The second kappa shape index (κ2) is 4.84. The lowest BCUT2D eigenvalue weighted by atomic mass is 9.92. The van der Waals surface area contributed by atoms with Crippen molar-refractivity contribution in [1.82, 2.24) is 9.97 Å². The molecule has 0 spiro atoms. The third-order valence-electron chi connectivity index (χ3n) is 2.76. The number of anilines is 1. The lowest BCUT2D eigenvalue weighted by Crippen LogP contribution is -2.12. The third-order valence-corrected chi connectivity index (χ3v) is 3.94. The van der Waals surface area contributed by atoms with E-state index in [2.05, 4.69) is 44.1 Å². The average Bonchev–Trinajstić information content (AvgIpc) is 2.68. The number of aromatic nitrogens is 2. The maximum absolute atomic E-state index is 4.71. The molecule has 0 bridgehead atoms. The van der Waals surface area contributed by atoms with Gasteiger partial charge in [0.05, 0.1) is 5.39 Å². The summed E-state index contributed by atoms with van der Waals surface area (Å²) in [6.07, 6.45) is 1.95. The zero-order valence-electron chi connectivity index (χ0n) is 11.8. The molecule has 0 amide bonds. The molecule has 2 rings (SSSR count). The monoisotopic (exact) mass is 263 g/mol. The molecule has 18 heavy (non-hydrogen) atoms. The van der Waals surface area contributed by atoms with Gasteiger partial charge in [0.1, 0.15) is 16.5 Å². The molecular formula is C14H21N3S. The number of fused-ring (bicyclic) bond motifs is 1. The van der Waals surface area contributed by atoms with E-state index in [0.717, 1.165) is 34.7 Å². The first-order valence-corrected chi connectivity index (χ1v) is 7.21. The van der Waals surface area contributed by atoms with Crippen molar-refractivity contribution in [2.75, 3.05) is 12.4 Å². The normalized spacial score (nSPS) is 12.1. The highest BCUT2D eigenvalue weighted by molar-refractivity contribution is 7.18. The molecule has 0 radical (unpaired) electrons. The molecule has 1 N–H and O–H groups in total. The maximum atomic E-state index is 4.71. The third kappa shape index (κ3) is 2.80. The highest BCUT2D eigenvalue weighted by Gasteiger charge is 2.16. The van der Waals surface area contributed by atoms with Crippen LogP contribution in [-0.2, 0) is 12.8 Å². The Labute approximate surface area is 113 Å². The summed E-state index contributed by atoms with van der Waals surface area (Å²) in [6, 6.07) is 2.20. The lowest BCUT2D eigenvalue weighted by Gasteiger charge is -2.17. The van der Waals surface area contributed by atoms with Gasteiger partial charge in [-0.15, -0.1) is 11.3 Å². The second-order valence-electron chi connectivity index (χ2n) is 5.76. The van der Waals surface area contributed by atoms with Gasteiger partial charge in [0.25, 0.3) is 0 Å². The molecule has 98 valence electrons. The van der Waals surface area contributed by atoms with Gasteiger partial charge < -0.3 is 5.32 Å². The van der Waals surface area contributed by atoms with Crippen molar-refractivity contribution in [2.45, 2.75) is 40.5 Å². The van der Waals surface area contributed by atoms with Crippen LogP contribution in [0.2, 0.25) is 0 Å². The Kier molecular flexibility index (Phi) is 3.57. The van der Waals surface area contributed by atoms with Gasteiger partial charge in [-0.3, -0.25) is 0 Å². The summed E-state index contributed by atoms with van der Waals surface area (Å²) in [5.74, 6) is 1.89. The summed E-state index contributed by atoms with van der Waals surface area (Å²) >= 11 is 1.78. The number of thiophene rings is 1. The van der Waals surface area contributed by atoms with Gasteiger partial charge in [0, 0.05) is 18.3 Å². The van der Waals surface area contributed by atoms with Crippen molar-refractivity contribution >= 4 is 27.4 Å². The summed E-state index contributed by atoms with van der Waals surface area (Å²) in [5, 5.41) is 4.34. The number of hydrogen-bond donors (Lipinski definition) is 1. The van der Waals surface area contributed by atoms with Crippen molar-refractivity contribution in [3.63, 3.8) is 0 Å². The largest absolute Gasteiger partial charge is 0.372 e. The van der Waals surface area contributed by atoms with Gasteiger partial charge in [-0.05, 0) is 17.9 Å². The molecule has 0 aromatic carbocycles. The van der Waals surface area contributed by atoms with Crippen LogP contribution in [0.15, 0.2) is 6.07 Å². The van der Waals surface area contributed by atoms with Crippen LogP contribution in [-0.4, -0.2) is 17.0 Å². The Morgan fingerprint density at radius 2 is 2.00 bits per heavy atom. The van der Waals surface area contributed by atoms with Crippen molar-refractivity contribution in [3.8, 4) is 0 Å². The van der Waals surface area contributed by atoms with Gasteiger partial charge >= 0.3 is 0 Å². The highest BCUT2D eigenvalue weighted by atomic mass is 32.1. The van der Waals surface area contributed by atoms with E-state index in [-0.39, 0.29) is 5.41 Å². The van der Waals surface area contributed by atoms with Gasteiger partial charge in [-0.1, -0.05) is 27.7 Å². The van der Waals surface area contributed by atoms with E-state index < -0.39 is 0 Å². The van der Waals surface area contributed by atoms with Crippen LogP contribution in [0.25, 0.3) is 10.2 Å². The zero-order chi connectivity index (χ0) is 13.3. The maximum Gasteiger partial charge on any atom is 0.138 e. The minimum Gasteiger partial charge on any atom is -0.372 e. The Morgan fingerprint density at radius 1 is 1.28 bits per heavy atom. The molecule has 0 aliphatic rings. The lowest BCUT2D eigenvalue weighted by molar-refractivity contribution is 0.401. The van der Waals surface area contributed by atoms with Crippen LogP contribution >= 0.6 is 11.3 Å². The summed E-state index contributed by atoms with van der Waals surface area (Å²) in [5.41, 5.74) is 0.212. The summed E-state index contributed by atoms with van der Waals surface area (Å²) in [7, 11) is 1.92. The van der Waals surface area contributed by atoms with Crippen LogP contribution in [0, 0.1) is 5.41 Å². The number of nitrogens with zero attached hydrogens (tertiary/aromatic N) is 2. The van der Waals surface area contributed by atoms with Gasteiger partial charge in [-0.25, -0.2) is 9.97 Å². The van der Waals surface area contributed by atoms with Crippen LogP contribution < -0.4 is 5.32 Å². The van der Waals surface area contributed by atoms with E-state index in [9.17, 15) is 0 Å². The minimum absolute atomic E-state index is 0.212. The molecule has 2 heterocycles. The molecule has 2 aromatic heterocycles. The fourth-order valence-electron chi connectivity index (χ4n) is 1.93. The van der Waals surface area contributed by atoms with Crippen LogP contribution in [0.5, 0.6) is 0 Å². The Balaban J connectivity index is 2.51. The fraction of sp³-hybridized carbons (Fsp3) is 0.571. The standard InChI is InChI=1S/C14H21N3S/c1-6-9-7-10-12(15-5)16-11(8-14(2,3)4)17-13(10)18-9/h7H,6,8H2,1-5H3,(H,15,16,17). The first-order chi connectivity index (χ1) is 8.43. The second-order valence-corrected chi connectivity index (χ2v) is 6.88. The van der Waals surface area contributed by atoms with Crippen LogP contribution in [0.3, 0.4) is 0 Å². The van der Waals surface area contributed by atoms with E-state index >= 15 is 0 Å². The smallest absolute Gasteiger partial charge is 0.138 e. The topological polar surface area (TPSA) is 37.8 Å². The van der Waals surface area contributed by atoms with Gasteiger partial charge in [0.15, 0.2) is 0 Å². The first-order valence-electron chi connectivity index (χ1n) is 6.40. The van der Waals surface area contributed by atoms with E-state index in [0.29, 0.717) is 0 Å². The molecule has 0 aliphatic heterocycles. The zero-order valence-corrected chi connectivity index (χ0v) is 12.6. The van der Waals surface area contributed by atoms with E-state index in [4.69, 9.17) is 4.98 Å². The van der Waals surface area contributed by atoms with Gasteiger partial charge in [0.2, 0.25) is 0 Å². The van der Waals surface area contributed by atoms with Crippen molar-refractivity contribution in [2.24, 2.45) is 5.41 Å². The number of aryl methyl sites for hydroxylation is 1. The molecule has 0 atom stereocenters. The van der Waals surface area contributed by atoms with Crippen molar-refractivity contribution < 1.29 is 0 Å². The molecule has 0 unspecified atom stereocenters. The van der Waals surface area contributed by atoms with Crippen LogP contribution in [0.4, 0.5) is 5.82 Å². The molecule has 0 aliphatic carbocycles. The molecule has 2 aromatic rings. The highest BCUT2D eigenvalue weighted by Crippen LogP contribution is 2.30. The quantitative estimate of drug-likeness (QED) is 0.913. The van der Waals surface area contributed by atoms with E-state index in [1.165, 1.54) is 4.88 Å². The number of hydrogen-bond acceptors (Lipinski definition) is 4. The molecule has 0 saturated carbocycles. The first kappa shape index (κ1) is 13.3. The SMILES string of the molecule is CCc1cc2c(NC)nc(CC(C)(C)C)nc2s1. The number of nitrogens with one attached hydrogen (secondary N) is 1. The summed E-state index contributed by atoms with van der Waals surface area (Å²) < 4.78 is 0. The molecule has 0 fully saturated rings. The Bertz CT molecular complexity index is 552. The van der Waals surface area contributed by atoms with Crippen molar-refractivity contribution in [1.29, 1.82) is 0 Å². The van der Waals surface area contributed by atoms with Crippen LogP contribution in [0.1, 0.15) is 38.4 Å². The van der Waals surface area contributed by atoms with Gasteiger partial charge in [-0.2, -0.15) is 0 Å². The molecule has 3 nitrogen and oxygen atoms in total. The molecule has 0 saturated heterocycles. The average molecular weight is 263 g/mol. The predicted molar refractivity (Wildman–Crippen MR) is 79.5 cm³/mol. The minimum atomic E-state index is 0.212. The Hall–Kier alpha value is -1.16. The Morgan fingerprint density at radius 3 is 2.56 bits per heavy atom. The van der Waals surface area contributed by atoms with Crippen molar-refractivity contribution in [3.05, 3.63) is 16.8 Å². The predicted octanol–water partition coefficient (Wildman–Crippen LogP) is 3.88. The summed E-state index contributed by atoms with van der Waals surface area (Å²) in [6.45, 7) is 8.82. The number of rotatable bonds is 3. The fourth-order valence-corrected chi connectivity index (χ4v) is 2.92. The summed E-state index contributed by atoms with van der Waals surface area (Å²) in [4.78, 5) is 11.8. The van der Waals surface area contributed by atoms with E-state index in [1.54, 1.807) is 11.3 Å². The molecule has 4 heteroatoms. The van der Waals surface area contributed by atoms with E-state index in [1.807, 2.05) is 7.05 Å².